The molecule has 0 aliphatic rings. The lowest BCUT2D eigenvalue weighted by Crippen LogP contribution is -2.38. The van der Waals surface area contributed by atoms with Gasteiger partial charge in [0.25, 0.3) is 0 Å². The van der Waals surface area contributed by atoms with Gasteiger partial charge in [-0.25, -0.2) is 0 Å². The van der Waals surface area contributed by atoms with E-state index in [1.165, 1.54) is 4.88 Å². The molecule has 6 heteroatoms. The summed E-state index contributed by atoms with van der Waals surface area (Å²) in [5, 5.41) is 0. The van der Waals surface area contributed by atoms with Gasteiger partial charge in [-0.15, -0.1) is 11.3 Å². The van der Waals surface area contributed by atoms with Gasteiger partial charge in [0.2, 0.25) is 0 Å². The molecule has 1 aromatic carbocycles. The summed E-state index contributed by atoms with van der Waals surface area (Å²) in [6.45, 7) is 5.82. The van der Waals surface area contributed by atoms with Crippen molar-refractivity contribution < 1.29 is 19.1 Å². The molecule has 0 unspecified atom stereocenters. The highest BCUT2D eigenvalue weighted by Gasteiger charge is 2.22. The van der Waals surface area contributed by atoms with E-state index in [2.05, 4.69) is 6.07 Å². The van der Waals surface area contributed by atoms with Crippen LogP contribution in [0.1, 0.15) is 55.4 Å². The van der Waals surface area contributed by atoms with E-state index in [9.17, 15) is 9.59 Å². The van der Waals surface area contributed by atoms with Gasteiger partial charge in [-0.3, -0.25) is 9.59 Å². The molecule has 2 rings (SSSR count). The first-order valence-corrected chi connectivity index (χ1v) is 10.8. The van der Waals surface area contributed by atoms with Crippen molar-refractivity contribution >= 4 is 23.3 Å². The highest BCUT2D eigenvalue weighted by molar-refractivity contribution is 7.12. The molecular formula is C23H31NO4S. The van der Waals surface area contributed by atoms with Crippen LogP contribution < -0.4 is 5.73 Å². The lowest BCUT2D eigenvalue weighted by molar-refractivity contribution is -0.156. The number of unbranched alkanes of at least 4 members (excludes halogenated alkanes) is 1. The maximum Gasteiger partial charge on any atom is 0.323 e. The second-order valence-corrected chi connectivity index (χ2v) is 9.32. The number of hydrogen-bond acceptors (Lipinski definition) is 6. The molecule has 0 saturated heterocycles. The van der Waals surface area contributed by atoms with Crippen LogP contribution in [0.3, 0.4) is 0 Å². The summed E-state index contributed by atoms with van der Waals surface area (Å²) in [7, 11) is 0. The molecule has 158 valence electrons. The standard InChI is InChI=1S/C23H31NO4S/c1-23(2,3)28-22(26)20(24)15-19-14-13-18(29-19)11-7-8-12-21(25)27-16-17-9-5-4-6-10-17/h4-6,9-10,13-14,20H,7-8,11-12,15-16,24H2,1-3H3/t20-/m0/s1. The summed E-state index contributed by atoms with van der Waals surface area (Å²) >= 11 is 1.66. The number of carbonyl (C=O) groups excluding carboxylic acids is 2. The van der Waals surface area contributed by atoms with Gasteiger partial charge >= 0.3 is 11.9 Å². The first kappa shape index (κ1) is 23.1. The lowest BCUT2D eigenvalue weighted by Gasteiger charge is -2.21. The molecule has 0 saturated carbocycles. The number of aryl methyl sites for hydroxylation is 1. The Kier molecular flexibility index (Phi) is 8.86. The maximum absolute atomic E-state index is 12.0. The van der Waals surface area contributed by atoms with E-state index in [0.717, 1.165) is 29.7 Å². The molecule has 1 heterocycles. The van der Waals surface area contributed by atoms with E-state index in [0.29, 0.717) is 19.4 Å². The third-order valence-electron chi connectivity index (χ3n) is 4.14. The summed E-state index contributed by atoms with van der Waals surface area (Å²) in [5.41, 5.74) is 6.44. The van der Waals surface area contributed by atoms with Gasteiger partial charge in [-0.1, -0.05) is 30.3 Å². The first-order valence-electron chi connectivity index (χ1n) is 9.98. The third kappa shape index (κ3) is 9.24. The smallest absolute Gasteiger partial charge is 0.323 e. The normalized spacial score (nSPS) is 12.4. The van der Waals surface area contributed by atoms with Gasteiger partial charge in [0, 0.05) is 22.6 Å². The van der Waals surface area contributed by atoms with Crippen LogP contribution in [-0.4, -0.2) is 23.6 Å². The Morgan fingerprint density at radius 2 is 1.72 bits per heavy atom. The molecule has 1 atom stereocenters. The van der Waals surface area contributed by atoms with Gasteiger partial charge in [-0.05, 0) is 57.7 Å². The monoisotopic (exact) mass is 417 g/mol. The van der Waals surface area contributed by atoms with Crippen molar-refractivity contribution in [3.8, 4) is 0 Å². The Labute approximate surface area is 177 Å². The average Bonchev–Trinajstić information content (AvgIpc) is 3.10. The quantitative estimate of drug-likeness (QED) is 0.457. The minimum absolute atomic E-state index is 0.163. The molecule has 0 aliphatic heterocycles. The Balaban J connectivity index is 1.64. The molecule has 0 radical (unpaired) electrons. The second kappa shape index (κ2) is 11.1. The number of thiophene rings is 1. The van der Waals surface area contributed by atoms with Crippen molar-refractivity contribution in [2.24, 2.45) is 5.73 Å². The van der Waals surface area contributed by atoms with Crippen LogP contribution in [0.4, 0.5) is 0 Å². The van der Waals surface area contributed by atoms with Crippen molar-refractivity contribution in [1.29, 1.82) is 0 Å². The predicted molar refractivity (Wildman–Crippen MR) is 116 cm³/mol. The van der Waals surface area contributed by atoms with E-state index in [4.69, 9.17) is 15.2 Å². The number of nitrogens with two attached hydrogens (primary N) is 1. The predicted octanol–water partition coefficient (Wildman–Crippen LogP) is 4.42. The highest BCUT2D eigenvalue weighted by Crippen LogP contribution is 2.21. The number of carbonyl (C=O) groups is 2. The minimum Gasteiger partial charge on any atom is -0.461 e. The molecule has 5 nitrogen and oxygen atoms in total. The SMILES string of the molecule is CC(C)(C)OC(=O)[C@@H](N)Cc1ccc(CCCCC(=O)OCc2ccccc2)s1. The molecule has 0 fully saturated rings. The minimum atomic E-state index is -0.653. The van der Waals surface area contributed by atoms with Gasteiger partial charge < -0.3 is 15.2 Å². The molecule has 1 aromatic heterocycles. The molecule has 0 spiro atoms. The number of esters is 2. The fourth-order valence-corrected chi connectivity index (χ4v) is 3.84. The van der Waals surface area contributed by atoms with Crippen LogP contribution in [0, 0.1) is 0 Å². The fourth-order valence-electron chi connectivity index (χ4n) is 2.72. The highest BCUT2D eigenvalue weighted by atomic mass is 32.1. The molecule has 2 aromatic rings. The van der Waals surface area contributed by atoms with Crippen LogP contribution >= 0.6 is 11.3 Å². The maximum atomic E-state index is 12.0. The van der Waals surface area contributed by atoms with Crippen molar-refractivity contribution in [3.05, 3.63) is 57.8 Å². The lowest BCUT2D eigenvalue weighted by atomic mass is 10.1. The zero-order valence-electron chi connectivity index (χ0n) is 17.5. The van der Waals surface area contributed by atoms with Gasteiger partial charge in [0.1, 0.15) is 18.2 Å². The van der Waals surface area contributed by atoms with Crippen molar-refractivity contribution in [2.75, 3.05) is 0 Å². The topological polar surface area (TPSA) is 78.6 Å². The van der Waals surface area contributed by atoms with Crippen LogP contribution in [0.25, 0.3) is 0 Å². The Morgan fingerprint density at radius 1 is 1.03 bits per heavy atom. The molecule has 2 N–H and O–H groups in total. The zero-order valence-corrected chi connectivity index (χ0v) is 18.3. The summed E-state index contributed by atoms with van der Waals surface area (Å²) in [6.07, 6.45) is 3.51. The third-order valence-corrected chi connectivity index (χ3v) is 5.31. The van der Waals surface area contributed by atoms with E-state index >= 15 is 0 Å². The van der Waals surface area contributed by atoms with E-state index in [1.807, 2.05) is 57.2 Å². The molecule has 29 heavy (non-hydrogen) atoms. The van der Waals surface area contributed by atoms with E-state index < -0.39 is 11.6 Å². The van der Waals surface area contributed by atoms with Crippen molar-refractivity contribution in [2.45, 2.75) is 71.1 Å². The van der Waals surface area contributed by atoms with Crippen molar-refractivity contribution in [3.63, 3.8) is 0 Å². The van der Waals surface area contributed by atoms with E-state index in [-0.39, 0.29) is 11.9 Å². The zero-order chi connectivity index (χ0) is 21.3. The Bertz CT molecular complexity index is 780. The average molecular weight is 418 g/mol. The number of benzene rings is 1. The molecular weight excluding hydrogens is 386 g/mol. The van der Waals surface area contributed by atoms with Crippen LogP contribution in [0.15, 0.2) is 42.5 Å². The Hall–Kier alpha value is -2.18. The van der Waals surface area contributed by atoms with Gasteiger partial charge in [0.05, 0.1) is 0 Å². The molecule has 0 aliphatic carbocycles. The largest absolute Gasteiger partial charge is 0.461 e. The van der Waals surface area contributed by atoms with Gasteiger partial charge in [-0.2, -0.15) is 0 Å². The number of rotatable bonds is 10. The number of hydrogen-bond donors (Lipinski definition) is 1. The summed E-state index contributed by atoms with van der Waals surface area (Å²) in [4.78, 5) is 26.1. The van der Waals surface area contributed by atoms with Crippen LogP contribution in [-0.2, 0) is 38.5 Å². The Morgan fingerprint density at radius 3 is 2.41 bits per heavy atom. The summed E-state index contributed by atoms with van der Waals surface area (Å²) < 4.78 is 10.6. The first-order chi connectivity index (χ1) is 13.7. The second-order valence-electron chi connectivity index (χ2n) is 8.07. The van der Waals surface area contributed by atoms with Crippen LogP contribution in [0.5, 0.6) is 0 Å². The molecule has 0 bridgehead atoms. The summed E-state index contributed by atoms with van der Waals surface area (Å²) in [5.74, 6) is -0.537. The van der Waals surface area contributed by atoms with Crippen molar-refractivity contribution in [1.82, 2.24) is 0 Å². The number of ether oxygens (including phenoxy) is 2. The fraction of sp³-hybridized carbons (Fsp3) is 0.478. The van der Waals surface area contributed by atoms with Crippen LogP contribution in [0.2, 0.25) is 0 Å². The van der Waals surface area contributed by atoms with Gasteiger partial charge in [0.15, 0.2) is 0 Å². The van der Waals surface area contributed by atoms with E-state index in [1.54, 1.807) is 11.3 Å². The summed E-state index contributed by atoms with van der Waals surface area (Å²) in [6, 6.07) is 13.1. The molecule has 0 amide bonds.